The van der Waals surface area contributed by atoms with E-state index in [2.05, 4.69) is 10.1 Å². The summed E-state index contributed by atoms with van der Waals surface area (Å²) in [6, 6.07) is 9.17. The summed E-state index contributed by atoms with van der Waals surface area (Å²) in [5.74, 6) is -2.40. The van der Waals surface area contributed by atoms with Gasteiger partial charge in [-0.3, -0.25) is 4.79 Å². The first-order chi connectivity index (χ1) is 14.8. The van der Waals surface area contributed by atoms with Gasteiger partial charge < -0.3 is 14.8 Å². The average molecular weight is 451 g/mol. The van der Waals surface area contributed by atoms with Crippen molar-refractivity contribution in [1.29, 1.82) is 0 Å². The van der Waals surface area contributed by atoms with E-state index in [4.69, 9.17) is 4.74 Å². The third-order valence-electron chi connectivity index (χ3n) is 4.30. The Kier molecular flexibility index (Phi) is 7.66. The van der Waals surface area contributed by atoms with E-state index in [1.807, 2.05) is 0 Å². The van der Waals surface area contributed by atoms with Crippen LogP contribution in [-0.2, 0) is 26.9 Å². The number of hydrogen-bond acceptors (Lipinski definition) is 5. The molecule has 0 bridgehead atoms. The largest absolute Gasteiger partial charge is 0.467 e. The van der Waals surface area contributed by atoms with Gasteiger partial charge in [-0.15, -0.1) is 0 Å². The molecule has 32 heavy (non-hydrogen) atoms. The molecule has 0 aromatic heterocycles. The van der Waals surface area contributed by atoms with Crippen LogP contribution in [0.4, 0.5) is 13.2 Å². The van der Waals surface area contributed by atoms with Crippen LogP contribution in [0.1, 0.15) is 52.6 Å². The Hall–Kier alpha value is -3.36. The summed E-state index contributed by atoms with van der Waals surface area (Å²) in [6.45, 7) is 5.21. The Morgan fingerprint density at radius 3 is 2.09 bits per heavy atom. The van der Waals surface area contributed by atoms with Crippen molar-refractivity contribution in [3.8, 4) is 0 Å². The zero-order chi connectivity index (χ0) is 24.1. The lowest BCUT2D eigenvalue weighted by atomic mass is 10.0. The Bertz CT molecular complexity index is 978. The maximum absolute atomic E-state index is 13.2. The topological polar surface area (TPSA) is 81.7 Å². The van der Waals surface area contributed by atoms with Gasteiger partial charge in [0.1, 0.15) is 11.6 Å². The molecule has 1 N–H and O–H groups in total. The van der Waals surface area contributed by atoms with Crippen LogP contribution >= 0.6 is 0 Å². The summed E-state index contributed by atoms with van der Waals surface area (Å²) >= 11 is 0. The lowest BCUT2D eigenvalue weighted by molar-refractivity contribution is -0.142. The fourth-order valence-corrected chi connectivity index (χ4v) is 2.85. The van der Waals surface area contributed by atoms with Crippen molar-refractivity contribution >= 4 is 17.8 Å². The molecule has 0 aliphatic heterocycles. The minimum atomic E-state index is -4.73. The second-order valence-corrected chi connectivity index (χ2v) is 8.00. The molecule has 1 amide bonds. The van der Waals surface area contributed by atoms with Crippen LogP contribution in [0, 0.1) is 0 Å². The van der Waals surface area contributed by atoms with Crippen molar-refractivity contribution in [2.24, 2.45) is 0 Å². The van der Waals surface area contributed by atoms with Crippen LogP contribution in [0.25, 0.3) is 0 Å². The highest BCUT2D eigenvalue weighted by Crippen LogP contribution is 2.31. The lowest BCUT2D eigenvalue weighted by Crippen LogP contribution is -2.43. The van der Waals surface area contributed by atoms with Gasteiger partial charge in [0.05, 0.1) is 23.8 Å². The second-order valence-electron chi connectivity index (χ2n) is 8.00. The maximum atomic E-state index is 13.2. The monoisotopic (exact) mass is 451 g/mol. The summed E-state index contributed by atoms with van der Waals surface area (Å²) in [7, 11) is 1.11. The molecule has 2 aromatic carbocycles. The second kappa shape index (κ2) is 9.84. The van der Waals surface area contributed by atoms with Crippen LogP contribution in [0.5, 0.6) is 0 Å². The first-order valence-corrected chi connectivity index (χ1v) is 9.69. The van der Waals surface area contributed by atoms with E-state index in [1.54, 1.807) is 32.9 Å². The van der Waals surface area contributed by atoms with Gasteiger partial charge in [0.25, 0.3) is 5.91 Å². The number of benzene rings is 2. The standard InChI is InChI=1S/C23H24F3NO5/c1-22(2,3)32-20(29)15-11-9-14(10-12-15)13-18(21(30)31-4)27-19(28)16-7-5-6-8-17(16)23(24,25)26/h5-12,18H,13H2,1-4H3,(H,27,28)/t18-/m0/s1. The first kappa shape index (κ1) is 24.9. The maximum Gasteiger partial charge on any atom is 0.417 e. The minimum absolute atomic E-state index is 0.0544. The molecule has 6 nitrogen and oxygen atoms in total. The SMILES string of the molecule is COC(=O)[C@H](Cc1ccc(C(=O)OC(C)(C)C)cc1)NC(=O)c1ccccc1C(F)(F)F. The number of esters is 2. The molecule has 9 heteroatoms. The highest BCUT2D eigenvalue weighted by molar-refractivity contribution is 5.98. The summed E-state index contributed by atoms with van der Waals surface area (Å²) in [6.07, 6.45) is -4.78. The van der Waals surface area contributed by atoms with E-state index < -0.39 is 46.8 Å². The summed E-state index contributed by atoms with van der Waals surface area (Å²) < 4.78 is 49.6. The van der Waals surface area contributed by atoms with Gasteiger partial charge in [-0.1, -0.05) is 24.3 Å². The number of halogens is 3. The summed E-state index contributed by atoms with van der Waals surface area (Å²) in [5.41, 5.74) is -1.53. The van der Waals surface area contributed by atoms with E-state index in [0.717, 1.165) is 19.2 Å². The molecule has 0 spiro atoms. The molecule has 1 atom stereocenters. The highest BCUT2D eigenvalue weighted by atomic mass is 19.4. The molecule has 2 rings (SSSR count). The number of hydrogen-bond donors (Lipinski definition) is 1. The van der Waals surface area contributed by atoms with E-state index in [-0.39, 0.29) is 6.42 Å². The molecule has 2 aromatic rings. The van der Waals surface area contributed by atoms with Gasteiger partial charge in [0, 0.05) is 6.42 Å². The Labute approximate surface area is 183 Å². The number of carbonyl (C=O) groups excluding carboxylic acids is 3. The van der Waals surface area contributed by atoms with E-state index in [0.29, 0.717) is 11.1 Å². The molecule has 0 saturated heterocycles. The Morgan fingerprint density at radius 2 is 1.56 bits per heavy atom. The Balaban J connectivity index is 2.20. The van der Waals surface area contributed by atoms with Crippen LogP contribution in [0.2, 0.25) is 0 Å². The van der Waals surface area contributed by atoms with Gasteiger partial charge in [-0.25, -0.2) is 9.59 Å². The van der Waals surface area contributed by atoms with E-state index in [9.17, 15) is 27.6 Å². The molecule has 0 aliphatic carbocycles. The molecule has 0 radical (unpaired) electrons. The average Bonchev–Trinajstić information content (AvgIpc) is 2.71. The third-order valence-corrected chi connectivity index (χ3v) is 4.30. The van der Waals surface area contributed by atoms with Crippen LogP contribution in [-0.4, -0.2) is 36.6 Å². The zero-order valence-corrected chi connectivity index (χ0v) is 18.1. The number of methoxy groups -OCH3 is 1. The van der Waals surface area contributed by atoms with Crippen molar-refractivity contribution in [3.63, 3.8) is 0 Å². The van der Waals surface area contributed by atoms with Crippen molar-refractivity contribution in [3.05, 3.63) is 70.8 Å². The zero-order valence-electron chi connectivity index (χ0n) is 18.1. The first-order valence-electron chi connectivity index (χ1n) is 9.69. The molecular formula is C23H24F3NO5. The van der Waals surface area contributed by atoms with Crippen LogP contribution in [0.15, 0.2) is 48.5 Å². The fraction of sp³-hybridized carbons (Fsp3) is 0.348. The highest BCUT2D eigenvalue weighted by Gasteiger charge is 2.35. The number of alkyl halides is 3. The van der Waals surface area contributed by atoms with Crippen molar-refractivity contribution in [2.75, 3.05) is 7.11 Å². The van der Waals surface area contributed by atoms with Gasteiger partial charge in [-0.2, -0.15) is 13.2 Å². The number of nitrogens with one attached hydrogen (secondary N) is 1. The van der Waals surface area contributed by atoms with Crippen LogP contribution < -0.4 is 5.32 Å². The van der Waals surface area contributed by atoms with Crippen molar-refractivity contribution in [2.45, 2.75) is 45.0 Å². The fourth-order valence-electron chi connectivity index (χ4n) is 2.85. The molecule has 0 saturated carbocycles. The van der Waals surface area contributed by atoms with Gasteiger partial charge in [0.2, 0.25) is 0 Å². The normalized spacial score (nSPS) is 12.6. The van der Waals surface area contributed by atoms with Gasteiger partial charge in [0.15, 0.2) is 0 Å². The minimum Gasteiger partial charge on any atom is -0.467 e. The quantitative estimate of drug-likeness (QED) is 0.667. The lowest BCUT2D eigenvalue weighted by Gasteiger charge is -2.20. The van der Waals surface area contributed by atoms with Crippen molar-refractivity contribution in [1.82, 2.24) is 5.32 Å². The molecule has 0 aliphatic rings. The van der Waals surface area contributed by atoms with E-state index >= 15 is 0 Å². The number of carbonyl (C=O) groups is 3. The molecule has 0 heterocycles. The number of ether oxygens (including phenoxy) is 2. The smallest absolute Gasteiger partial charge is 0.417 e. The van der Waals surface area contributed by atoms with Crippen molar-refractivity contribution < 1.29 is 37.0 Å². The molecular weight excluding hydrogens is 427 g/mol. The van der Waals surface area contributed by atoms with Crippen LogP contribution in [0.3, 0.4) is 0 Å². The summed E-state index contributed by atoms with van der Waals surface area (Å²) in [5, 5.41) is 2.31. The summed E-state index contributed by atoms with van der Waals surface area (Å²) in [4.78, 5) is 36.8. The number of amides is 1. The third kappa shape index (κ3) is 6.83. The predicted molar refractivity (Wildman–Crippen MR) is 110 cm³/mol. The van der Waals surface area contributed by atoms with Gasteiger partial charge in [-0.05, 0) is 50.6 Å². The van der Waals surface area contributed by atoms with Gasteiger partial charge >= 0.3 is 18.1 Å². The Morgan fingerprint density at radius 1 is 0.969 bits per heavy atom. The molecule has 172 valence electrons. The predicted octanol–water partition coefficient (Wildman–Crippen LogP) is 4.17. The number of rotatable bonds is 6. The molecule has 0 fully saturated rings. The molecule has 0 unspecified atom stereocenters. The van der Waals surface area contributed by atoms with E-state index in [1.165, 1.54) is 24.3 Å².